The van der Waals surface area contributed by atoms with Gasteiger partial charge in [-0.05, 0) is 68.8 Å². The summed E-state index contributed by atoms with van der Waals surface area (Å²) in [5, 5.41) is 10.2. The number of amides is 3. The lowest BCUT2D eigenvalue weighted by Crippen LogP contribution is -2.30. The number of thiophene rings is 1. The van der Waals surface area contributed by atoms with Gasteiger partial charge in [-0.25, -0.2) is 4.79 Å². The zero-order valence-electron chi connectivity index (χ0n) is 28.3. The number of carbonyl (C=O) groups is 4. The highest BCUT2D eigenvalue weighted by atomic mass is 32.2. The standard InChI is InChI=1S/C40H37N3O6S2/c1-4-48-34-22-13-12-19-29(34)23-33(42-37(45)28-17-10-7-11-18-28)38(46)41-30-20-14-21-31(24-30)51-26(3)36(44)43-39-35(40(47)49-5-2)32(25-50-39)27-15-8-6-9-16-27/h6-26H,4-5H2,1-3H3,(H,41,46)(H,42,45)(H,43,44)/b33-23+. The van der Waals surface area contributed by atoms with Crippen molar-refractivity contribution in [3.63, 3.8) is 0 Å². The van der Waals surface area contributed by atoms with Crippen LogP contribution in [0.3, 0.4) is 0 Å². The lowest BCUT2D eigenvalue weighted by atomic mass is 10.0. The summed E-state index contributed by atoms with van der Waals surface area (Å²) in [6, 6.07) is 32.4. The second-order valence-electron chi connectivity index (χ2n) is 11.0. The van der Waals surface area contributed by atoms with Crippen molar-refractivity contribution < 1.29 is 28.7 Å². The van der Waals surface area contributed by atoms with E-state index >= 15 is 0 Å². The molecule has 260 valence electrons. The number of nitrogens with one attached hydrogen (secondary N) is 3. The molecule has 1 unspecified atom stereocenters. The third kappa shape index (κ3) is 9.74. The quantitative estimate of drug-likeness (QED) is 0.0598. The minimum atomic E-state index is -0.566. The Morgan fingerprint density at radius 2 is 1.53 bits per heavy atom. The van der Waals surface area contributed by atoms with Gasteiger partial charge in [0.2, 0.25) is 5.91 Å². The maximum atomic E-state index is 13.7. The first-order valence-corrected chi connectivity index (χ1v) is 18.1. The van der Waals surface area contributed by atoms with Gasteiger partial charge in [0, 0.05) is 32.7 Å². The second kappa shape index (κ2) is 17.8. The monoisotopic (exact) mass is 719 g/mol. The lowest BCUT2D eigenvalue weighted by Gasteiger charge is -2.15. The molecular formula is C40H37N3O6S2. The number of esters is 1. The van der Waals surface area contributed by atoms with E-state index in [1.807, 2.05) is 60.8 Å². The van der Waals surface area contributed by atoms with Crippen molar-refractivity contribution in [1.82, 2.24) is 5.32 Å². The molecular weight excluding hydrogens is 683 g/mol. The van der Waals surface area contributed by atoms with E-state index in [0.29, 0.717) is 45.3 Å². The minimum absolute atomic E-state index is 0.0185. The van der Waals surface area contributed by atoms with Gasteiger partial charge >= 0.3 is 5.97 Å². The van der Waals surface area contributed by atoms with Crippen LogP contribution in [0.4, 0.5) is 10.7 Å². The van der Waals surface area contributed by atoms with Crippen LogP contribution in [0.15, 0.2) is 125 Å². The van der Waals surface area contributed by atoms with Gasteiger partial charge in [-0.3, -0.25) is 14.4 Å². The first-order valence-electron chi connectivity index (χ1n) is 16.3. The molecule has 1 aromatic heterocycles. The van der Waals surface area contributed by atoms with E-state index in [9.17, 15) is 19.2 Å². The molecule has 1 heterocycles. The van der Waals surface area contributed by atoms with Gasteiger partial charge in [0.25, 0.3) is 11.8 Å². The Balaban J connectivity index is 1.32. The van der Waals surface area contributed by atoms with Crippen LogP contribution in [0.25, 0.3) is 17.2 Å². The number of rotatable bonds is 14. The number of para-hydroxylation sites is 1. The van der Waals surface area contributed by atoms with Crippen LogP contribution in [0.2, 0.25) is 0 Å². The number of thioether (sulfide) groups is 1. The normalized spacial score (nSPS) is 11.6. The Morgan fingerprint density at radius 1 is 0.824 bits per heavy atom. The summed E-state index contributed by atoms with van der Waals surface area (Å²) in [6.07, 6.45) is 1.57. The van der Waals surface area contributed by atoms with Crippen molar-refractivity contribution in [2.45, 2.75) is 30.9 Å². The molecule has 0 bridgehead atoms. The second-order valence-corrected chi connectivity index (χ2v) is 13.3. The Kier molecular flexibility index (Phi) is 12.8. The van der Waals surface area contributed by atoms with Gasteiger partial charge in [-0.15, -0.1) is 23.1 Å². The lowest BCUT2D eigenvalue weighted by molar-refractivity contribution is -0.115. The zero-order valence-corrected chi connectivity index (χ0v) is 29.9. The van der Waals surface area contributed by atoms with Crippen LogP contribution in [-0.2, 0) is 14.3 Å². The van der Waals surface area contributed by atoms with E-state index in [1.165, 1.54) is 23.1 Å². The highest BCUT2D eigenvalue weighted by Crippen LogP contribution is 2.37. The molecule has 4 aromatic carbocycles. The highest BCUT2D eigenvalue weighted by molar-refractivity contribution is 8.00. The zero-order chi connectivity index (χ0) is 36.2. The molecule has 0 saturated carbocycles. The molecule has 0 aliphatic heterocycles. The molecule has 0 aliphatic rings. The fourth-order valence-electron chi connectivity index (χ4n) is 4.99. The van der Waals surface area contributed by atoms with E-state index in [2.05, 4.69) is 16.0 Å². The average Bonchev–Trinajstić information content (AvgIpc) is 3.56. The number of carbonyl (C=O) groups excluding carboxylic acids is 4. The molecule has 11 heteroatoms. The maximum absolute atomic E-state index is 13.7. The summed E-state index contributed by atoms with van der Waals surface area (Å²) >= 11 is 2.55. The molecule has 3 N–H and O–H groups in total. The van der Waals surface area contributed by atoms with Crippen molar-refractivity contribution in [1.29, 1.82) is 0 Å². The molecule has 0 radical (unpaired) electrons. The van der Waals surface area contributed by atoms with Crippen LogP contribution in [0, 0.1) is 0 Å². The van der Waals surface area contributed by atoms with Crippen LogP contribution in [-0.4, -0.2) is 42.2 Å². The van der Waals surface area contributed by atoms with E-state index in [4.69, 9.17) is 9.47 Å². The highest BCUT2D eigenvalue weighted by Gasteiger charge is 2.25. The van der Waals surface area contributed by atoms with E-state index < -0.39 is 23.0 Å². The largest absolute Gasteiger partial charge is 0.493 e. The number of ether oxygens (including phenoxy) is 2. The summed E-state index contributed by atoms with van der Waals surface area (Å²) < 4.78 is 11.1. The van der Waals surface area contributed by atoms with Crippen LogP contribution < -0.4 is 20.7 Å². The van der Waals surface area contributed by atoms with Crippen LogP contribution in [0.1, 0.15) is 47.1 Å². The molecule has 3 amide bonds. The topological polar surface area (TPSA) is 123 Å². The molecule has 51 heavy (non-hydrogen) atoms. The predicted octanol–water partition coefficient (Wildman–Crippen LogP) is 8.52. The van der Waals surface area contributed by atoms with Gasteiger partial charge in [0.05, 0.1) is 18.5 Å². The number of benzene rings is 4. The molecule has 5 rings (SSSR count). The van der Waals surface area contributed by atoms with Gasteiger partial charge < -0.3 is 25.4 Å². The fraction of sp³-hybridized carbons (Fsp3) is 0.150. The van der Waals surface area contributed by atoms with Crippen LogP contribution >= 0.6 is 23.1 Å². The summed E-state index contributed by atoms with van der Waals surface area (Å²) in [4.78, 5) is 53.9. The minimum Gasteiger partial charge on any atom is -0.493 e. The van der Waals surface area contributed by atoms with Gasteiger partial charge in [0.15, 0.2) is 0 Å². The molecule has 9 nitrogen and oxygen atoms in total. The van der Waals surface area contributed by atoms with Crippen LogP contribution in [0.5, 0.6) is 5.75 Å². The Bertz CT molecular complexity index is 2030. The fourth-order valence-corrected chi connectivity index (χ4v) is 6.87. The number of hydrogen-bond donors (Lipinski definition) is 3. The number of hydrogen-bond acceptors (Lipinski definition) is 8. The molecule has 1 atom stereocenters. The van der Waals surface area contributed by atoms with E-state index in [1.54, 1.807) is 80.6 Å². The van der Waals surface area contributed by atoms with Crippen molar-refractivity contribution in [3.8, 4) is 16.9 Å². The maximum Gasteiger partial charge on any atom is 0.341 e. The summed E-state index contributed by atoms with van der Waals surface area (Å²) in [5.74, 6) is -1.23. The smallest absolute Gasteiger partial charge is 0.341 e. The summed E-state index contributed by atoms with van der Waals surface area (Å²) in [7, 11) is 0. The summed E-state index contributed by atoms with van der Waals surface area (Å²) in [6.45, 7) is 5.99. The van der Waals surface area contributed by atoms with Gasteiger partial charge in [0.1, 0.15) is 22.0 Å². The van der Waals surface area contributed by atoms with Crippen molar-refractivity contribution in [2.75, 3.05) is 23.8 Å². The van der Waals surface area contributed by atoms with Crippen molar-refractivity contribution in [2.24, 2.45) is 0 Å². The molecule has 0 fully saturated rings. The predicted molar refractivity (Wildman–Crippen MR) is 204 cm³/mol. The first-order chi connectivity index (χ1) is 24.8. The third-order valence-electron chi connectivity index (χ3n) is 7.41. The van der Waals surface area contributed by atoms with Gasteiger partial charge in [-0.1, -0.05) is 72.8 Å². The number of anilines is 2. The molecule has 0 saturated heterocycles. The average molecular weight is 720 g/mol. The Labute approximate surface area is 305 Å². The molecule has 5 aromatic rings. The Hall–Kier alpha value is -5.65. The van der Waals surface area contributed by atoms with E-state index in [-0.39, 0.29) is 18.2 Å². The molecule has 0 spiro atoms. The van der Waals surface area contributed by atoms with Crippen molar-refractivity contribution in [3.05, 3.63) is 137 Å². The molecule has 0 aliphatic carbocycles. The van der Waals surface area contributed by atoms with E-state index in [0.717, 1.165) is 10.5 Å². The Morgan fingerprint density at radius 3 is 2.25 bits per heavy atom. The van der Waals surface area contributed by atoms with Gasteiger partial charge in [-0.2, -0.15) is 0 Å². The summed E-state index contributed by atoms with van der Waals surface area (Å²) in [5.41, 5.74) is 3.34. The van der Waals surface area contributed by atoms with Crippen molar-refractivity contribution >= 4 is 63.6 Å². The SMILES string of the molecule is CCOC(=O)c1c(-c2ccccc2)csc1NC(=O)C(C)Sc1cccc(NC(=O)/C(=C\c2ccccc2OCC)NC(=O)c2ccccc2)c1. The first kappa shape index (κ1) is 36.6. The third-order valence-corrected chi connectivity index (χ3v) is 9.40.